The van der Waals surface area contributed by atoms with Crippen molar-refractivity contribution in [2.24, 2.45) is 17.8 Å². The molecular formula is C18H24N2O3. The zero-order chi connectivity index (χ0) is 16.6. The van der Waals surface area contributed by atoms with Crippen molar-refractivity contribution in [1.82, 2.24) is 0 Å². The third kappa shape index (κ3) is 3.19. The molecule has 0 bridgehead atoms. The van der Waals surface area contributed by atoms with E-state index in [0.717, 1.165) is 24.2 Å². The van der Waals surface area contributed by atoms with Gasteiger partial charge in [-0.2, -0.15) is 0 Å². The van der Waals surface area contributed by atoms with Crippen molar-refractivity contribution in [3.05, 3.63) is 24.3 Å². The molecule has 0 N–H and O–H groups in total. The molecule has 1 aromatic carbocycles. The minimum atomic E-state index is -0.349. The first-order valence-electron chi connectivity index (χ1n) is 8.30. The molecule has 0 saturated heterocycles. The maximum atomic E-state index is 12.7. The van der Waals surface area contributed by atoms with E-state index >= 15 is 0 Å². The summed E-state index contributed by atoms with van der Waals surface area (Å²) in [6.45, 7) is 4.87. The normalized spacial score (nSPS) is 21.2. The number of para-hydroxylation sites is 2. The summed E-state index contributed by atoms with van der Waals surface area (Å²) in [4.78, 5) is 28.6. The Morgan fingerprint density at radius 3 is 2.52 bits per heavy atom. The molecule has 1 fully saturated rings. The highest BCUT2D eigenvalue weighted by Crippen LogP contribution is 2.36. The van der Waals surface area contributed by atoms with Gasteiger partial charge in [-0.25, -0.2) is 4.79 Å². The Bertz CT molecular complexity index is 610. The molecule has 0 unspecified atom stereocenters. The van der Waals surface area contributed by atoms with E-state index < -0.39 is 0 Å². The predicted octanol–water partition coefficient (Wildman–Crippen LogP) is 3.29. The van der Waals surface area contributed by atoms with Crippen LogP contribution < -0.4 is 9.80 Å². The van der Waals surface area contributed by atoms with Crippen LogP contribution in [-0.4, -0.2) is 32.2 Å². The Hall–Kier alpha value is -2.04. The number of hydrogen-bond acceptors (Lipinski definition) is 3. The summed E-state index contributed by atoms with van der Waals surface area (Å²) >= 11 is 0. The molecule has 5 nitrogen and oxygen atoms in total. The molecule has 3 rings (SSSR count). The van der Waals surface area contributed by atoms with Gasteiger partial charge in [0.1, 0.15) is 0 Å². The standard InChI is InChI=1S/C18H24N2O3/c1-12(2)14-10-20(18(22)23-11-13-8-9-13)16-7-5-4-6-15(16)19(3)17(14)21/h4-7,12-14H,8-11H2,1-3H3/t14-/m1/s1. The number of rotatable bonds is 3. The fraction of sp³-hybridized carbons (Fsp3) is 0.556. The van der Waals surface area contributed by atoms with Crippen LogP contribution in [0.3, 0.4) is 0 Å². The van der Waals surface area contributed by atoms with E-state index in [-0.39, 0.29) is 23.8 Å². The summed E-state index contributed by atoms with van der Waals surface area (Å²) in [6, 6.07) is 7.51. The minimum absolute atomic E-state index is 0.0462. The van der Waals surface area contributed by atoms with E-state index in [1.165, 1.54) is 0 Å². The van der Waals surface area contributed by atoms with E-state index in [0.29, 0.717) is 19.1 Å². The van der Waals surface area contributed by atoms with Gasteiger partial charge in [0.25, 0.3) is 0 Å². The van der Waals surface area contributed by atoms with Crippen molar-refractivity contribution < 1.29 is 14.3 Å². The van der Waals surface area contributed by atoms with Gasteiger partial charge in [-0.1, -0.05) is 26.0 Å². The third-order valence-corrected chi connectivity index (χ3v) is 4.73. The number of fused-ring (bicyclic) bond motifs is 1. The largest absolute Gasteiger partial charge is 0.449 e. The van der Waals surface area contributed by atoms with Crippen LogP contribution >= 0.6 is 0 Å². The average molecular weight is 316 g/mol. The van der Waals surface area contributed by atoms with Crippen molar-refractivity contribution in [2.75, 3.05) is 30.0 Å². The molecule has 1 aromatic rings. The molecule has 1 heterocycles. The minimum Gasteiger partial charge on any atom is -0.449 e. The molecule has 1 atom stereocenters. The van der Waals surface area contributed by atoms with E-state index in [1.54, 1.807) is 16.8 Å². The average Bonchev–Trinajstić information content (AvgIpc) is 3.36. The number of nitrogens with zero attached hydrogens (tertiary/aromatic N) is 2. The Labute approximate surface area is 137 Å². The van der Waals surface area contributed by atoms with Crippen molar-refractivity contribution in [3.63, 3.8) is 0 Å². The summed E-state index contributed by atoms with van der Waals surface area (Å²) in [5.74, 6) is 0.482. The lowest BCUT2D eigenvalue weighted by Crippen LogP contribution is -2.41. The zero-order valence-electron chi connectivity index (χ0n) is 14.0. The van der Waals surface area contributed by atoms with E-state index in [4.69, 9.17) is 4.74 Å². The number of carbonyl (C=O) groups excluding carboxylic acids is 2. The predicted molar refractivity (Wildman–Crippen MR) is 89.6 cm³/mol. The SMILES string of the molecule is CC(C)[C@H]1CN(C(=O)OCC2CC2)c2ccccc2N(C)C1=O. The maximum Gasteiger partial charge on any atom is 0.414 e. The molecule has 1 aliphatic heterocycles. The molecule has 0 spiro atoms. The lowest BCUT2D eigenvalue weighted by atomic mass is 9.94. The Kier molecular flexibility index (Phi) is 4.28. The first kappa shape index (κ1) is 15.8. The van der Waals surface area contributed by atoms with Crippen LogP contribution in [0.4, 0.5) is 16.2 Å². The van der Waals surface area contributed by atoms with Gasteiger partial charge < -0.3 is 9.64 Å². The smallest absolute Gasteiger partial charge is 0.414 e. The van der Waals surface area contributed by atoms with Crippen LogP contribution in [0.1, 0.15) is 26.7 Å². The molecule has 2 aliphatic rings. The van der Waals surface area contributed by atoms with Crippen LogP contribution in [0.15, 0.2) is 24.3 Å². The maximum absolute atomic E-state index is 12.7. The summed E-state index contributed by atoms with van der Waals surface area (Å²) in [7, 11) is 1.77. The van der Waals surface area contributed by atoms with E-state index in [1.807, 2.05) is 38.1 Å². The number of carbonyl (C=O) groups is 2. The van der Waals surface area contributed by atoms with Crippen LogP contribution in [0.25, 0.3) is 0 Å². The molecule has 0 radical (unpaired) electrons. The van der Waals surface area contributed by atoms with Gasteiger partial charge >= 0.3 is 6.09 Å². The summed E-state index contributed by atoms with van der Waals surface area (Å²) in [5, 5.41) is 0. The lowest BCUT2D eigenvalue weighted by Gasteiger charge is -2.25. The van der Waals surface area contributed by atoms with Crippen LogP contribution in [0.5, 0.6) is 0 Å². The fourth-order valence-electron chi connectivity index (χ4n) is 2.94. The number of amides is 2. The molecule has 5 heteroatoms. The molecule has 0 aromatic heterocycles. The van der Waals surface area contributed by atoms with Crippen molar-refractivity contribution in [2.45, 2.75) is 26.7 Å². The van der Waals surface area contributed by atoms with Crippen LogP contribution in [0, 0.1) is 17.8 Å². The second-order valence-corrected chi connectivity index (χ2v) is 6.87. The monoisotopic (exact) mass is 316 g/mol. The van der Waals surface area contributed by atoms with Gasteiger partial charge in [0.15, 0.2) is 0 Å². The van der Waals surface area contributed by atoms with Crippen molar-refractivity contribution in [1.29, 1.82) is 0 Å². The topological polar surface area (TPSA) is 49.9 Å². The highest BCUT2D eigenvalue weighted by atomic mass is 16.6. The van der Waals surface area contributed by atoms with Gasteiger partial charge in [-0.05, 0) is 36.8 Å². The van der Waals surface area contributed by atoms with E-state index in [2.05, 4.69) is 0 Å². The number of hydrogen-bond donors (Lipinski definition) is 0. The fourth-order valence-corrected chi connectivity index (χ4v) is 2.94. The first-order chi connectivity index (χ1) is 11.0. The molecular weight excluding hydrogens is 292 g/mol. The number of benzene rings is 1. The Balaban J connectivity index is 1.92. The number of ether oxygens (including phenoxy) is 1. The highest BCUT2D eigenvalue weighted by molar-refractivity contribution is 6.04. The van der Waals surface area contributed by atoms with Gasteiger partial charge in [-0.15, -0.1) is 0 Å². The first-order valence-corrected chi connectivity index (χ1v) is 8.30. The quantitative estimate of drug-likeness (QED) is 0.860. The second kappa shape index (κ2) is 6.22. The summed E-state index contributed by atoms with van der Waals surface area (Å²) in [5.41, 5.74) is 1.50. The zero-order valence-corrected chi connectivity index (χ0v) is 14.0. The Morgan fingerprint density at radius 1 is 1.26 bits per heavy atom. The van der Waals surface area contributed by atoms with Crippen LogP contribution in [0.2, 0.25) is 0 Å². The second-order valence-electron chi connectivity index (χ2n) is 6.87. The van der Waals surface area contributed by atoms with Crippen molar-refractivity contribution >= 4 is 23.4 Å². The van der Waals surface area contributed by atoms with Crippen molar-refractivity contribution in [3.8, 4) is 0 Å². The number of anilines is 2. The molecule has 23 heavy (non-hydrogen) atoms. The molecule has 2 amide bonds. The summed E-state index contributed by atoms with van der Waals surface area (Å²) in [6.07, 6.45) is 1.93. The highest BCUT2D eigenvalue weighted by Gasteiger charge is 2.36. The molecule has 1 aliphatic carbocycles. The third-order valence-electron chi connectivity index (χ3n) is 4.73. The van der Waals surface area contributed by atoms with Gasteiger partial charge in [0.2, 0.25) is 5.91 Å². The molecule has 124 valence electrons. The summed E-state index contributed by atoms with van der Waals surface area (Å²) < 4.78 is 5.47. The van der Waals surface area contributed by atoms with E-state index in [9.17, 15) is 9.59 Å². The van der Waals surface area contributed by atoms with Gasteiger partial charge in [0, 0.05) is 13.6 Å². The lowest BCUT2D eigenvalue weighted by molar-refractivity contribution is -0.122. The van der Waals surface area contributed by atoms with Crippen LogP contribution in [-0.2, 0) is 9.53 Å². The van der Waals surface area contributed by atoms with Gasteiger partial charge in [0.05, 0.1) is 23.9 Å². The van der Waals surface area contributed by atoms with Gasteiger partial charge in [-0.3, -0.25) is 9.69 Å². The molecule has 1 saturated carbocycles. The Morgan fingerprint density at radius 2 is 1.91 bits per heavy atom.